The number of nitrogens with zero attached hydrogens (tertiary/aromatic N) is 3. The van der Waals surface area contributed by atoms with Crippen molar-refractivity contribution in [2.45, 2.75) is 19.6 Å². The van der Waals surface area contributed by atoms with Crippen molar-refractivity contribution in [3.05, 3.63) is 76.0 Å². The SMILES string of the molecule is CCOc1ccc(CN2CCN(c3c(F)cccc3C(O)c3nccs3)CC2)cc1. The van der Waals surface area contributed by atoms with Gasteiger partial charge < -0.3 is 14.7 Å². The minimum absolute atomic E-state index is 0.303. The molecule has 0 amide bonds. The molecule has 4 rings (SSSR count). The summed E-state index contributed by atoms with van der Waals surface area (Å²) in [5, 5.41) is 13.2. The van der Waals surface area contributed by atoms with Crippen molar-refractivity contribution in [2.75, 3.05) is 37.7 Å². The average molecular weight is 428 g/mol. The summed E-state index contributed by atoms with van der Waals surface area (Å²) >= 11 is 1.37. The number of aliphatic hydroxyl groups is 1. The molecule has 1 fully saturated rings. The third-order valence-corrected chi connectivity index (χ3v) is 6.15. The Kier molecular flexibility index (Phi) is 6.62. The maximum Gasteiger partial charge on any atom is 0.146 e. The summed E-state index contributed by atoms with van der Waals surface area (Å²) < 4.78 is 20.3. The minimum atomic E-state index is -0.919. The van der Waals surface area contributed by atoms with Gasteiger partial charge in [0.15, 0.2) is 0 Å². The fraction of sp³-hybridized carbons (Fsp3) is 0.348. The number of rotatable bonds is 7. The van der Waals surface area contributed by atoms with E-state index in [0.29, 0.717) is 36.0 Å². The van der Waals surface area contributed by atoms with E-state index in [0.717, 1.165) is 25.4 Å². The Hall–Kier alpha value is -2.48. The van der Waals surface area contributed by atoms with Gasteiger partial charge in [-0.15, -0.1) is 11.3 Å². The molecule has 0 radical (unpaired) electrons. The van der Waals surface area contributed by atoms with E-state index in [9.17, 15) is 9.50 Å². The number of aliphatic hydroxyl groups excluding tert-OH is 1. The van der Waals surface area contributed by atoms with E-state index in [1.165, 1.54) is 23.0 Å². The number of hydrogen-bond acceptors (Lipinski definition) is 6. The number of ether oxygens (including phenoxy) is 1. The zero-order valence-corrected chi connectivity index (χ0v) is 17.8. The van der Waals surface area contributed by atoms with Crippen molar-refractivity contribution >= 4 is 17.0 Å². The molecule has 2 aromatic carbocycles. The summed E-state index contributed by atoms with van der Waals surface area (Å²) in [5.41, 5.74) is 2.29. The van der Waals surface area contributed by atoms with Gasteiger partial charge in [0.1, 0.15) is 22.7 Å². The van der Waals surface area contributed by atoms with Crippen LogP contribution in [0.4, 0.5) is 10.1 Å². The van der Waals surface area contributed by atoms with Gasteiger partial charge in [0, 0.05) is 49.9 Å². The maximum atomic E-state index is 14.8. The quantitative estimate of drug-likeness (QED) is 0.616. The first-order valence-electron chi connectivity index (χ1n) is 10.2. The highest BCUT2D eigenvalue weighted by Gasteiger charge is 2.26. The Morgan fingerprint density at radius 3 is 2.57 bits per heavy atom. The molecule has 0 bridgehead atoms. The Morgan fingerprint density at radius 2 is 1.90 bits per heavy atom. The van der Waals surface area contributed by atoms with Crippen LogP contribution < -0.4 is 9.64 Å². The summed E-state index contributed by atoms with van der Waals surface area (Å²) in [4.78, 5) is 8.60. The van der Waals surface area contributed by atoms with Crippen LogP contribution >= 0.6 is 11.3 Å². The number of benzene rings is 2. The smallest absolute Gasteiger partial charge is 0.146 e. The summed E-state index contributed by atoms with van der Waals surface area (Å²) in [6, 6.07) is 13.1. The van der Waals surface area contributed by atoms with Crippen molar-refractivity contribution in [3.8, 4) is 5.75 Å². The Labute approximate surface area is 180 Å². The van der Waals surface area contributed by atoms with E-state index >= 15 is 0 Å². The van der Waals surface area contributed by atoms with Gasteiger partial charge in [-0.1, -0.05) is 24.3 Å². The second-order valence-corrected chi connectivity index (χ2v) is 8.22. The fourth-order valence-corrected chi connectivity index (χ4v) is 4.47. The highest BCUT2D eigenvalue weighted by atomic mass is 32.1. The van der Waals surface area contributed by atoms with Crippen molar-refractivity contribution in [1.29, 1.82) is 0 Å². The van der Waals surface area contributed by atoms with Crippen LogP contribution in [0.25, 0.3) is 0 Å². The lowest BCUT2D eigenvalue weighted by molar-refractivity contribution is 0.218. The largest absolute Gasteiger partial charge is 0.494 e. The van der Waals surface area contributed by atoms with Gasteiger partial charge in [-0.2, -0.15) is 0 Å². The third-order valence-electron chi connectivity index (χ3n) is 5.33. The monoisotopic (exact) mass is 427 g/mol. The van der Waals surface area contributed by atoms with Crippen LogP contribution in [0.1, 0.15) is 29.2 Å². The molecule has 158 valence electrons. The minimum Gasteiger partial charge on any atom is -0.494 e. The van der Waals surface area contributed by atoms with Gasteiger partial charge in [-0.05, 0) is 30.7 Å². The number of para-hydroxylation sites is 1. The predicted molar refractivity (Wildman–Crippen MR) is 118 cm³/mol. The number of piperazine rings is 1. The Bertz CT molecular complexity index is 942. The highest BCUT2D eigenvalue weighted by Crippen LogP contribution is 2.34. The topological polar surface area (TPSA) is 48.8 Å². The molecule has 1 aromatic heterocycles. The van der Waals surface area contributed by atoms with E-state index in [-0.39, 0.29) is 5.82 Å². The van der Waals surface area contributed by atoms with Gasteiger partial charge >= 0.3 is 0 Å². The zero-order chi connectivity index (χ0) is 20.9. The van der Waals surface area contributed by atoms with Crippen LogP contribution in [0.5, 0.6) is 5.75 Å². The average Bonchev–Trinajstić information content (AvgIpc) is 3.30. The van der Waals surface area contributed by atoms with Gasteiger partial charge in [0.25, 0.3) is 0 Å². The lowest BCUT2D eigenvalue weighted by Gasteiger charge is -2.37. The molecule has 30 heavy (non-hydrogen) atoms. The van der Waals surface area contributed by atoms with Crippen LogP contribution in [0.3, 0.4) is 0 Å². The van der Waals surface area contributed by atoms with Gasteiger partial charge in [0.05, 0.1) is 12.3 Å². The predicted octanol–water partition coefficient (Wildman–Crippen LogP) is 4.08. The number of hydrogen-bond donors (Lipinski definition) is 1. The number of thiazole rings is 1. The summed E-state index contributed by atoms with van der Waals surface area (Å²) in [7, 11) is 0. The van der Waals surface area contributed by atoms with E-state index in [1.807, 2.05) is 29.3 Å². The summed E-state index contributed by atoms with van der Waals surface area (Å²) in [6.07, 6.45) is 0.736. The molecule has 5 nitrogen and oxygen atoms in total. The Morgan fingerprint density at radius 1 is 1.13 bits per heavy atom. The molecule has 1 N–H and O–H groups in total. The van der Waals surface area contributed by atoms with Gasteiger partial charge in [0.2, 0.25) is 0 Å². The molecule has 1 aliphatic rings. The van der Waals surface area contributed by atoms with E-state index in [1.54, 1.807) is 18.3 Å². The van der Waals surface area contributed by atoms with Crippen molar-refractivity contribution in [2.24, 2.45) is 0 Å². The second-order valence-electron chi connectivity index (χ2n) is 7.29. The van der Waals surface area contributed by atoms with Crippen molar-refractivity contribution < 1.29 is 14.2 Å². The van der Waals surface area contributed by atoms with Crippen LogP contribution in [-0.2, 0) is 6.54 Å². The number of halogens is 1. The molecular weight excluding hydrogens is 401 g/mol. The van der Waals surface area contributed by atoms with Crippen LogP contribution in [0.15, 0.2) is 54.0 Å². The molecular formula is C23H26FN3O2S. The number of anilines is 1. The van der Waals surface area contributed by atoms with Gasteiger partial charge in [-0.25, -0.2) is 9.37 Å². The molecule has 1 atom stereocenters. The third kappa shape index (κ3) is 4.64. The standard InChI is InChI=1S/C23H26FN3O2S/c1-2-29-18-8-6-17(7-9-18)16-26-11-13-27(14-12-26)21-19(4-3-5-20(21)24)22(28)23-25-10-15-30-23/h3-10,15,22,28H,2,11-14,16H2,1H3. The first kappa shape index (κ1) is 20.8. The summed E-state index contributed by atoms with van der Waals surface area (Å²) in [5.74, 6) is 0.583. The maximum absolute atomic E-state index is 14.8. The van der Waals surface area contributed by atoms with E-state index in [4.69, 9.17) is 4.74 Å². The molecule has 1 aliphatic heterocycles. The first-order valence-corrected chi connectivity index (χ1v) is 11.1. The zero-order valence-electron chi connectivity index (χ0n) is 17.0. The molecule has 2 heterocycles. The molecule has 0 aliphatic carbocycles. The van der Waals surface area contributed by atoms with E-state index in [2.05, 4.69) is 22.0 Å². The lowest BCUT2D eigenvalue weighted by atomic mass is 10.0. The van der Waals surface area contributed by atoms with Crippen LogP contribution in [0, 0.1) is 5.82 Å². The summed E-state index contributed by atoms with van der Waals surface area (Å²) in [6.45, 7) is 6.56. The molecule has 0 saturated carbocycles. The number of aromatic nitrogens is 1. The molecule has 0 spiro atoms. The van der Waals surface area contributed by atoms with Crippen molar-refractivity contribution in [3.63, 3.8) is 0 Å². The van der Waals surface area contributed by atoms with Gasteiger partial charge in [-0.3, -0.25) is 4.90 Å². The van der Waals surface area contributed by atoms with Crippen LogP contribution in [0.2, 0.25) is 0 Å². The Balaban J connectivity index is 1.43. The molecule has 1 saturated heterocycles. The second kappa shape index (κ2) is 9.55. The normalized spacial score (nSPS) is 15.9. The highest BCUT2D eigenvalue weighted by molar-refractivity contribution is 7.09. The molecule has 7 heteroatoms. The first-order chi connectivity index (χ1) is 14.7. The molecule has 3 aromatic rings. The van der Waals surface area contributed by atoms with Crippen molar-refractivity contribution in [1.82, 2.24) is 9.88 Å². The fourth-order valence-electron chi connectivity index (χ4n) is 3.83. The van der Waals surface area contributed by atoms with E-state index < -0.39 is 6.10 Å². The molecule has 1 unspecified atom stereocenters. The lowest BCUT2D eigenvalue weighted by Crippen LogP contribution is -2.46. The van der Waals surface area contributed by atoms with Crippen LogP contribution in [-0.4, -0.2) is 47.8 Å².